The molecule has 5 heteroatoms. The van der Waals surface area contributed by atoms with Crippen molar-refractivity contribution >= 4 is 26.0 Å². The number of rotatable bonds is 5. The first kappa shape index (κ1) is 15.2. The maximum atomic E-state index is 12.2. The lowest BCUT2D eigenvalue weighted by Gasteiger charge is -2.08. The van der Waals surface area contributed by atoms with Gasteiger partial charge >= 0.3 is 0 Å². The molecule has 0 atom stereocenters. The van der Waals surface area contributed by atoms with Gasteiger partial charge in [-0.1, -0.05) is 46.3 Å². The van der Waals surface area contributed by atoms with Crippen LogP contribution in [0, 0.1) is 6.92 Å². The molecule has 0 radical (unpaired) electrons. The summed E-state index contributed by atoms with van der Waals surface area (Å²) in [6, 6.07) is 14.8. The molecule has 0 saturated carbocycles. The third-order valence-corrected chi connectivity index (χ3v) is 5.34. The fourth-order valence-corrected chi connectivity index (χ4v) is 3.21. The third-order valence-electron chi connectivity index (χ3n) is 2.99. The second-order valence-electron chi connectivity index (χ2n) is 4.54. The van der Waals surface area contributed by atoms with E-state index in [0.717, 1.165) is 15.6 Å². The average Bonchev–Trinajstić information content (AvgIpc) is 2.43. The Morgan fingerprint density at radius 3 is 2.45 bits per heavy atom. The summed E-state index contributed by atoms with van der Waals surface area (Å²) in [5.74, 6) is 0. The maximum Gasteiger partial charge on any atom is 0.240 e. The molecule has 3 nitrogen and oxygen atoms in total. The van der Waals surface area contributed by atoms with Crippen molar-refractivity contribution in [2.75, 3.05) is 6.54 Å². The first-order valence-electron chi connectivity index (χ1n) is 6.29. The minimum Gasteiger partial charge on any atom is -0.211 e. The molecule has 0 amide bonds. The van der Waals surface area contributed by atoms with Gasteiger partial charge in [-0.25, -0.2) is 13.1 Å². The highest BCUT2D eigenvalue weighted by atomic mass is 79.9. The van der Waals surface area contributed by atoms with E-state index in [1.807, 2.05) is 37.3 Å². The zero-order valence-electron chi connectivity index (χ0n) is 11.1. The van der Waals surface area contributed by atoms with Gasteiger partial charge in [0, 0.05) is 11.0 Å². The van der Waals surface area contributed by atoms with E-state index >= 15 is 0 Å². The molecule has 0 fully saturated rings. The van der Waals surface area contributed by atoms with E-state index in [4.69, 9.17) is 0 Å². The summed E-state index contributed by atoms with van der Waals surface area (Å²) >= 11 is 3.36. The van der Waals surface area contributed by atoms with E-state index in [1.165, 1.54) is 0 Å². The molecular weight excluding hydrogens is 338 g/mol. The molecule has 106 valence electrons. The van der Waals surface area contributed by atoms with Gasteiger partial charge in [-0.3, -0.25) is 0 Å². The third kappa shape index (κ3) is 3.91. The van der Waals surface area contributed by atoms with Crippen molar-refractivity contribution in [3.8, 4) is 0 Å². The predicted molar refractivity (Wildman–Crippen MR) is 84.2 cm³/mol. The summed E-state index contributed by atoms with van der Waals surface area (Å²) in [4.78, 5) is 0.297. The number of sulfonamides is 1. The van der Waals surface area contributed by atoms with Crippen molar-refractivity contribution in [3.05, 3.63) is 64.1 Å². The highest BCUT2D eigenvalue weighted by molar-refractivity contribution is 9.10. The van der Waals surface area contributed by atoms with E-state index in [9.17, 15) is 8.42 Å². The molecular formula is C15H16BrNO2S. The van der Waals surface area contributed by atoms with Gasteiger partial charge < -0.3 is 0 Å². The smallest absolute Gasteiger partial charge is 0.211 e. The van der Waals surface area contributed by atoms with Crippen molar-refractivity contribution < 1.29 is 8.42 Å². The molecule has 0 saturated heterocycles. The molecule has 0 aliphatic heterocycles. The van der Waals surface area contributed by atoms with Gasteiger partial charge in [-0.2, -0.15) is 0 Å². The predicted octanol–water partition coefficient (Wildman–Crippen LogP) is 3.28. The summed E-state index contributed by atoms with van der Waals surface area (Å²) in [5, 5.41) is 0. The zero-order chi connectivity index (χ0) is 14.6. The summed E-state index contributed by atoms with van der Waals surface area (Å²) in [6.07, 6.45) is 0.676. The van der Waals surface area contributed by atoms with Crippen LogP contribution in [0.3, 0.4) is 0 Å². The van der Waals surface area contributed by atoms with Gasteiger partial charge in [0.15, 0.2) is 0 Å². The molecule has 0 bridgehead atoms. The van der Waals surface area contributed by atoms with Gasteiger partial charge in [0.25, 0.3) is 0 Å². The minimum atomic E-state index is -3.44. The highest BCUT2D eigenvalue weighted by Gasteiger charge is 2.14. The standard InChI is InChI=1S/C15H16BrNO2S/c1-12-11-14(7-8-15(12)16)20(18,19)17-10-9-13-5-3-2-4-6-13/h2-8,11,17H,9-10H2,1H3. The van der Waals surface area contributed by atoms with Gasteiger partial charge in [-0.05, 0) is 42.7 Å². The van der Waals surface area contributed by atoms with Crippen LogP contribution >= 0.6 is 15.9 Å². The van der Waals surface area contributed by atoms with Crippen molar-refractivity contribution in [1.82, 2.24) is 4.72 Å². The minimum absolute atomic E-state index is 0.297. The Bertz CT molecular complexity index is 684. The van der Waals surface area contributed by atoms with Gasteiger partial charge in [0.1, 0.15) is 0 Å². The lowest BCUT2D eigenvalue weighted by Crippen LogP contribution is -2.26. The summed E-state index contributed by atoms with van der Waals surface area (Å²) < 4.78 is 27.8. The Morgan fingerprint density at radius 1 is 1.10 bits per heavy atom. The summed E-state index contributed by atoms with van der Waals surface area (Å²) in [7, 11) is -3.44. The second-order valence-corrected chi connectivity index (χ2v) is 7.17. The molecule has 0 aliphatic rings. The van der Waals surface area contributed by atoms with Crippen molar-refractivity contribution in [2.24, 2.45) is 0 Å². The second kappa shape index (κ2) is 6.52. The fraction of sp³-hybridized carbons (Fsp3) is 0.200. The molecule has 2 aromatic carbocycles. The Kier molecular flexibility index (Phi) is 4.96. The first-order valence-corrected chi connectivity index (χ1v) is 8.56. The Labute approximate surface area is 128 Å². The fourth-order valence-electron chi connectivity index (χ4n) is 1.84. The lowest BCUT2D eigenvalue weighted by molar-refractivity contribution is 0.581. The Morgan fingerprint density at radius 2 is 1.80 bits per heavy atom. The molecule has 0 unspecified atom stereocenters. The molecule has 20 heavy (non-hydrogen) atoms. The topological polar surface area (TPSA) is 46.2 Å². The number of nitrogens with one attached hydrogen (secondary N) is 1. The van der Waals surface area contributed by atoms with Crippen LogP contribution in [0.4, 0.5) is 0 Å². The van der Waals surface area contributed by atoms with Crippen LogP contribution in [0.2, 0.25) is 0 Å². The van der Waals surface area contributed by atoms with Crippen molar-refractivity contribution in [3.63, 3.8) is 0 Å². The van der Waals surface area contributed by atoms with Gasteiger partial charge in [-0.15, -0.1) is 0 Å². The van der Waals surface area contributed by atoms with E-state index in [1.54, 1.807) is 18.2 Å². The molecule has 0 aromatic heterocycles. The normalized spacial score (nSPS) is 11.5. The van der Waals surface area contributed by atoms with E-state index < -0.39 is 10.0 Å². The number of halogens is 1. The number of hydrogen-bond acceptors (Lipinski definition) is 2. The first-order chi connectivity index (χ1) is 9.49. The molecule has 0 spiro atoms. The highest BCUT2D eigenvalue weighted by Crippen LogP contribution is 2.19. The SMILES string of the molecule is Cc1cc(S(=O)(=O)NCCc2ccccc2)ccc1Br. The lowest BCUT2D eigenvalue weighted by atomic mass is 10.2. The Balaban J connectivity index is 2.02. The van der Waals surface area contributed by atoms with E-state index in [2.05, 4.69) is 20.7 Å². The van der Waals surface area contributed by atoms with E-state index in [0.29, 0.717) is 17.9 Å². The number of aryl methyl sites for hydroxylation is 1. The van der Waals surface area contributed by atoms with Crippen LogP contribution in [-0.4, -0.2) is 15.0 Å². The Hall–Kier alpha value is -1.17. The van der Waals surface area contributed by atoms with Crippen LogP contribution in [0.25, 0.3) is 0 Å². The average molecular weight is 354 g/mol. The van der Waals surface area contributed by atoms with Gasteiger partial charge in [0.05, 0.1) is 4.90 Å². The van der Waals surface area contributed by atoms with Crippen LogP contribution < -0.4 is 4.72 Å². The molecule has 2 aromatic rings. The van der Waals surface area contributed by atoms with Gasteiger partial charge in [0.2, 0.25) is 10.0 Å². The number of benzene rings is 2. The van der Waals surface area contributed by atoms with Crippen LogP contribution in [0.15, 0.2) is 57.9 Å². The molecule has 2 rings (SSSR count). The molecule has 0 heterocycles. The summed E-state index contributed by atoms with van der Waals surface area (Å²) in [6.45, 7) is 2.26. The molecule has 1 N–H and O–H groups in total. The van der Waals surface area contributed by atoms with E-state index in [-0.39, 0.29) is 0 Å². The summed E-state index contributed by atoms with van der Waals surface area (Å²) in [5.41, 5.74) is 2.01. The quantitative estimate of drug-likeness (QED) is 0.896. The van der Waals surface area contributed by atoms with Crippen LogP contribution in [-0.2, 0) is 16.4 Å². The van der Waals surface area contributed by atoms with Crippen LogP contribution in [0.1, 0.15) is 11.1 Å². The van der Waals surface area contributed by atoms with Crippen molar-refractivity contribution in [2.45, 2.75) is 18.2 Å². The number of hydrogen-bond donors (Lipinski definition) is 1. The largest absolute Gasteiger partial charge is 0.240 e. The maximum absolute atomic E-state index is 12.2. The zero-order valence-corrected chi connectivity index (χ0v) is 13.5. The van der Waals surface area contributed by atoms with Crippen LogP contribution in [0.5, 0.6) is 0 Å². The monoisotopic (exact) mass is 353 g/mol. The molecule has 0 aliphatic carbocycles. The van der Waals surface area contributed by atoms with Crippen molar-refractivity contribution in [1.29, 1.82) is 0 Å².